The summed E-state index contributed by atoms with van der Waals surface area (Å²) in [5.41, 5.74) is 1.50. The number of pyridine rings is 1. The number of unbranched alkanes of at least 4 members (excludes halogenated alkanes) is 6. The third-order valence-corrected chi connectivity index (χ3v) is 5.64. The van der Waals surface area contributed by atoms with Crippen molar-refractivity contribution < 1.29 is 14.3 Å². The van der Waals surface area contributed by atoms with E-state index in [1.165, 1.54) is 31.9 Å². The van der Waals surface area contributed by atoms with E-state index in [2.05, 4.69) is 15.6 Å². The Balaban J connectivity index is 1.78. The van der Waals surface area contributed by atoms with E-state index in [9.17, 15) is 4.79 Å². The summed E-state index contributed by atoms with van der Waals surface area (Å²) in [4.78, 5) is 16.9. The van der Waals surface area contributed by atoms with Crippen molar-refractivity contribution in [3.63, 3.8) is 0 Å². The van der Waals surface area contributed by atoms with E-state index in [0.717, 1.165) is 31.6 Å². The van der Waals surface area contributed by atoms with Crippen LogP contribution in [0.1, 0.15) is 67.8 Å². The summed E-state index contributed by atoms with van der Waals surface area (Å²) in [6.45, 7) is 3.14. The van der Waals surface area contributed by atoms with Gasteiger partial charge >= 0.3 is 0 Å². The van der Waals surface area contributed by atoms with Crippen molar-refractivity contribution in [3.8, 4) is 5.75 Å². The van der Waals surface area contributed by atoms with Crippen LogP contribution in [0.3, 0.4) is 0 Å². The van der Waals surface area contributed by atoms with Gasteiger partial charge in [0, 0.05) is 38.4 Å². The fourth-order valence-corrected chi connectivity index (χ4v) is 3.80. The molecule has 7 nitrogen and oxygen atoms in total. The molecule has 0 fully saturated rings. The molecule has 2 aromatic rings. The van der Waals surface area contributed by atoms with E-state index >= 15 is 0 Å². The number of carbonyl (C=O) groups excluding carboxylic acids is 1. The number of hydrogen-bond donors (Lipinski definition) is 3. The first kappa shape index (κ1) is 26.6. The standard InChI is InChI=1S/C25H35ClN4O3/c1-18(27)22-23(26)21(17-29-24(22)28-2)25(31)30-19-11-13-20(14-12-19)33-16-10-8-6-4-5-7-9-15-32-3/h11-14,17,27H,4-10,15-16H2,1-3H3,(H,28,29)(H,30,31). The predicted molar refractivity (Wildman–Crippen MR) is 135 cm³/mol. The molecule has 0 saturated heterocycles. The summed E-state index contributed by atoms with van der Waals surface area (Å²) in [7, 11) is 3.44. The maximum atomic E-state index is 12.7. The highest BCUT2D eigenvalue weighted by atomic mass is 35.5. The Bertz CT molecular complexity index is 903. The predicted octanol–water partition coefficient (Wildman–Crippen LogP) is 6.17. The second-order valence-electron chi connectivity index (χ2n) is 7.88. The summed E-state index contributed by atoms with van der Waals surface area (Å²) in [5.74, 6) is 0.855. The first-order valence-electron chi connectivity index (χ1n) is 11.4. The number of rotatable bonds is 15. The summed E-state index contributed by atoms with van der Waals surface area (Å²) in [6.07, 6.45) is 9.74. The number of nitrogens with one attached hydrogen (secondary N) is 3. The molecule has 2 rings (SSSR count). The number of carbonyl (C=O) groups is 1. The van der Waals surface area contributed by atoms with Gasteiger partial charge in [0.25, 0.3) is 5.91 Å². The van der Waals surface area contributed by atoms with Crippen molar-refractivity contribution >= 4 is 34.7 Å². The largest absolute Gasteiger partial charge is 0.494 e. The van der Waals surface area contributed by atoms with Gasteiger partial charge in [0.1, 0.15) is 11.6 Å². The fourth-order valence-electron chi connectivity index (χ4n) is 3.43. The highest BCUT2D eigenvalue weighted by Gasteiger charge is 2.19. The lowest BCUT2D eigenvalue weighted by Crippen LogP contribution is -2.15. The van der Waals surface area contributed by atoms with Crippen molar-refractivity contribution in [2.75, 3.05) is 38.0 Å². The molecule has 0 aliphatic carbocycles. The zero-order valence-electron chi connectivity index (χ0n) is 19.8. The van der Waals surface area contributed by atoms with E-state index in [0.29, 0.717) is 23.7 Å². The molecule has 1 amide bonds. The molecule has 0 bridgehead atoms. The van der Waals surface area contributed by atoms with Gasteiger partial charge in [0.05, 0.1) is 22.8 Å². The van der Waals surface area contributed by atoms with Gasteiger partial charge in [-0.3, -0.25) is 4.79 Å². The number of hydrogen-bond acceptors (Lipinski definition) is 6. The molecular weight excluding hydrogens is 440 g/mol. The smallest absolute Gasteiger partial charge is 0.258 e. The molecule has 0 saturated carbocycles. The Kier molecular flexibility index (Phi) is 11.7. The average molecular weight is 475 g/mol. The van der Waals surface area contributed by atoms with Crippen LogP contribution in [-0.4, -0.2) is 44.0 Å². The number of anilines is 2. The van der Waals surface area contributed by atoms with Crippen LogP contribution >= 0.6 is 11.6 Å². The molecular formula is C25H35ClN4O3. The van der Waals surface area contributed by atoms with Crippen LogP contribution in [0, 0.1) is 5.41 Å². The molecule has 0 aliphatic rings. The molecule has 0 aliphatic heterocycles. The normalized spacial score (nSPS) is 10.7. The number of amides is 1. The van der Waals surface area contributed by atoms with Gasteiger partial charge < -0.3 is 25.5 Å². The van der Waals surface area contributed by atoms with Gasteiger partial charge in [0.15, 0.2) is 0 Å². The van der Waals surface area contributed by atoms with E-state index in [4.69, 9.17) is 26.5 Å². The van der Waals surface area contributed by atoms with Gasteiger partial charge in [-0.05, 0) is 44.0 Å². The zero-order valence-corrected chi connectivity index (χ0v) is 20.6. The van der Waals surface area contributed by atoms with E-state index in [1.807, 2.05) is 12.1 Å². The van der Waals surface area contributed by atoms with Gasteiger partial charge in [-0.1, -0.05) is 43.7 Å². The Morgan fingerprint density at radius 2 is 1.64 bits per heavy atom. The van der Waals surface area contributed by atoms with Crippen LogP contribution in [0.25, 0.3) is 0 Å². The minimum absolute atomic E-state index is 0.203. The summed E-state index contributed by atoms with van der Waals surface area (Å²) < 4.78 is 10.9. The van der Waals surface area contributed by atoms with Crippen molar-refractivity contribution in [1.82, 2.24) is 4.98 Å². The SMILES string of the molecule is CNc1ncc(C(=O)Nc2ccc(OCCCCCCCCCOC)cc2)c(Cl)c1C(C)=N. The molecule has 0 unspecified atom stereocenters. The van der Waals surface area contributed by atoms with Gasteiger partial charge in [-0.25, -0.2) is 4.98 Å². The highest BCUT2D eigenvalue weighted by molar-refractivity contribution is 6.38. The molecule has 0 radical (unpaired) electrons. The quantitative estimate of drug-likeness (QED) is 0.212. The molecule has 33 heavy (non-hydrogen) atoms. The number of aromatic nitrogens is 1. The zero-order chi connectivity index (χ0) is 24.1. The van der Waals surface area contributed by atoms with Crippen molar-refractivity contribution in [2.45, 2.75) is 51.9 Å². The lowest BCUT2D eigenvalue weighted by molar-refractivity contribution is 0.102. The molecule has 0 atom stereocenters. The Hall–Kier alpha value is -2.64. The lowest BCUT2D eigenvalue weighted by Gasteiger charge is -2.13. The van der Waals surface area contributed by atoms with Gasteiger partial charge in [-0.15, -0.1) is 0 Å². The van der Waals surface area contributed by atoms with Crippen LogP contribution in [0.2, 0.25) is 5.02 Å². The fraction of sp³-hybridized carbons (Fsp3) is 0.480. The Labute approximate surface area is 201 Å². The highest BCUT2D eigenvalue weighted by Crippen LogP contribution is 2.27. The molecule has 1 aromatic carbocycles. The molecule has 8 heteroatoms. The number of benzene rings is 1. The second-order valence-corrected chi connectivity index (χ2v) is 8.26. The molecule has 3 N–H and O–H groups in total. The van der Waals surface area contributed by atoms with Crippen molar-refractivity contribution in [3.05, 3.63) is 46.6 Å². The molecule has 180 valence electrons. The van der Waals surface area contributed by atoms with Crippen LogP contribution in [-0.2, 0) is 4.74 Å². The number of methoxy groups -OCH3 is 1. The van der Waals surface area contributed by atoms with E-state index in [-0.39, 0.29) is 22.2 Å². The molecule has 0 spiro atoms. The van der Waals surface area contributed by atoms with Crippen LogP contribution in [0.15, 0.2) is 30.5 Å². The van der Waals surface area contributed by atoms with Crippen LogP contribution in [0.5, 0.6) is 5.75 Å². The first-order valence-corrected chi connectivity index (χ1v) is 11.8. The third kappa shape index (κ3) is 8.67. The van der Waals surface area contributed by atoms with Gasteiger partial charge in [-0.2, -0.15) is 0 Å². The number of halogens is 1. The molecule has 1 heterocycles. The second kappa shape index (κ2) is 14.5. The van der Waals surface area contributed by atoms with Crippen LogP contribution < -0.4 is 15.4 Å². The molecule has 1 aromatic heterocycles. The van der Waals surface area contributed by atoms with Crippen molar-refractivity contribution in [2.24, 2.45) is 0 Å². The maximum Gasteiger partial charge on any atom is 0.258 e. The lowest BCUT2D eigenvalue weighted by atomic mass is 10.1. The minimum Gasteiger partial charge on any atom is -0.494 e. The Morgan fingerprint density at radius 1 is 1.03 bits per heavy atom. The maximum absolute atomic E-state index is 12.7. The van der Waals surface area contributed by atoms with E-state index < -0.39 is 0 Å². The summed E-state index contributed by atoms with van der Waals surface area (Å²) in [6, 6.07) is 7.25. The first-order chi connectivity index (χ1) is 16.0. The summed E-state index contributed by atoms with van der Waals surface area (Å²) >= 11 is 6.40. The van der Waals surface area contributed by atoms with Crippen LogP contribution in [0.4, 0.5) is 11.5 Å². The average Bonchev–Trinajstić information content (AvgIpc) is 2.80. The Morgan fingerprint density at radius 3 is 2.21 bits per heavy atom. The number of ether oxygens (including phenoxy) is 2. The topological polar surface area (TPSA) is 96.3 Å². The summed E-state index contributed by atoms with van der Waals surface area (Å²) in [5, 5.41) is 13.8. The third-order valence-electron chi connectivity index (χ3n) is 5.25. The van der Waals surface area contributed by atoms with E-state index in [1.54, 1.807) is 33.2 Å². The minimum atomic E-state index is -0.381. The number of nitrogens with zero attached hydrogens (tertiary/aromatic N) is 1. The monoisotopic (exact) mass is 474 g/mol. The van der Waals surface area contributed by atoms with Crippen molar-refractivity contribution in [1.29, 1.82) is 5.41 Å². The van der Waals surface area contributed by atoms with Gasteiger partial charge in [0.2, 0.25) is 0 Å².